The van der Waals surface area contributed by atoms with Crippen LogP contribution in [0.5, 0.6) is 0 Å². The minimum Gasteiger partial charge on any atom is -0.395 e. The number of nitrogens with one attached hydrogen (secondary N) is 1. The van der Waals surface area contributed by atoms with E-state index in [1.54, 1.807) is 30.9 Å². The van der Waals surface area contributed by atoms with Gasteiger partial charge in [-0.3, -0.25) is 0 Å². The summed E-state index contributed by atoms with van der Waals surface area (Å²) in [6.45, 7) is 5.65. The summed E-state index contributed by atoms with van der Waals surface area (Å²) in [6, 6.07) is 3.41. The Hall–Kier alpha value is -1.62. The van der Waals surface area contributed by atoms with Crippen LogP contribution < -0.4 is 5.32 Å². The van der Waals surface area contributed by atoms with Gasteiger partial charge in [0, 0.05) is 12.6 Å². The van der Waals surface area contributed by atoms with Crippen molar-refractivity contribution >= 4 is 6.03 Å². The number of benzene rings is 1. The van der Waals surface area contributed by atoms with Crippen molar-refractivity contribution in [2.75, 3.05) is 13.2 Å². The molecular weight excluding hydrogens is 271 g/mol. The lowest BCUT2D eigenvalue weighted by atomic mass is 10.0. The summed E-state index contributed by atoms with van der Waals surface area (Å²) in [5.41, 5.74) is 2.06. The first kappa shape index (κ1) is 15.8. The number of aryl methyl sites for hydroxylation is 2. The van der Waals surface area contributed by atoms with Gasteiger partial charge in [-0.05, 0) is 50.3 Å². The van der Waals surface area contributed by atoms with E-state index in [0.29, 0.717) is 17.7 Å². The van der Waals surface area contributed by atoms with E-state index in [1.807, 2.05) is 6.92 Å². The number of halogens is 1. The molecule has 2 N–H and O–H groups in total. The molecule has 0 aliphatic heterocycles. The molecule has 116 valence electrons. The lowest BCUT2D eigenvalue weighted by molar-refractivity contribution is 0.171. The van der Waals surface area contributed by atoms with Crippen molar-refractivity contribution in [2.45, 2.75) is 45.7 Å². The van der Waals surface area contributed by atoms with E-state index in [1.165, 1.54) is 0 Å². The quantitative estimate of drug-likeness (QED) is 0.877. The maximum absolute atomic E-state index is 13.7. The van der Waals surface area contributed by atoms with E-state index in [0.717, 1.165) is 18.4 Å². The molecule has 1 unspecified atom stereocenters. The van der Waals surface area contributed by atoms with Crippen LogP contribution in [0.2, 0.25) is 0 Å². The zero-order valence-electron chi connectivity index (χ0n) is 12.8. The molecule has 1 saturated carbocycles. The van der Waals surface area contributed by atoms with Crippen molar-refractivity contribution < 1.29 is 14.3 Å². The molecule has 1 aromatic rings. The SMILES string of the molecule is Cc1cc(C(C)NC(=O)N(CCO)C2CC2)cc(C)c1F. The van der Waals surface area contributed by atoms with Gasteiger partial charge >= 0.3 is 6.03 Å². The standard InChI is InChI=1S/C16H23FN2O2/c1-10-8-13(9-11(2)15(10)17)12(3)18-16(21)19(6-7-20)14-4-5-14/h8-9,12,14,20H,4-7H2,1-3H3,(H,18,21). The zero-order valence-corrected chi connectivity index (χ0v) is 12.8. The van der Waals surface area contributed by atoms with Gasteiger partial charge in [-0.15, -0.1) is 0 Å². The number of hydrogen-bond acceptors (Lipinski definition) is 2. The molecular formula is C16H23FN2O2. The molecule has 1 atom stereocenters. The Morgan fingerprint density at radius 2 is 2.00 bits per heavy atom. The van der Waals surface area contributed by atoms with Crippen LogP contribution >= 0.6 is 0 Å². The summed E-state index contributed by atoms with van der Waals surface area (Å²) in [5, 5.41) is 12.0. The first-order chi connectivity index (χ1) is 9.93. The van der Waals surface area contributed by atoms with Crippen molar-refractivity contribution in [1.29, 1.82) is 0 Å². The van der Waals surface area contributed by atoms with E-state index >= 15 is 0 Å². The van der Waals surface area contributed by atoms with Crippen molar-refractivity contribution in [3.05, 3.63) is 34.6 Å². The number of hydrogen-bond donors (Lipinski definition) is 2. The van der Waals surface area contributed by atoms with E-state index in [2.05, 4.69) is 5.32 Å². The van der Waals surface area contributed by atoms with Crippen LogP contribution in [0.4, 0.5) is 9.18 Å². The predicted octanol–water partition coefficient (Wildman–Crippen LogP) is 2.67. The van der Waals surface area contributed by atoms with Crippen LogP contribution in [-0.2, 0) is 0 Å². The third-order valence-corrected chi connectivity index (χ3v) is 3.89. The molecule has 1 aromatic carbocycles. The van der Waals surface area contributed by atoms with Crippen molar-refractivity contribution in [2.24, 2.45) is 0 Å². The number of aliphatic hydroxyl groups excluding tert-OH is 1. The van der Waals surface area contributed by atoms with Crippen LogP contribution in [0, 0.1) is 19.7 Å². The van der Waals surface area contributed by atoms with Gasteiger partial charge in [0.2, 0.25) is 0 Å². The average Bonchev–Trinajstić information content (AvgIpc) is 3.25. The van der Waals surface area contributed by atoms with E-state index in [9.17, 15) is 9.18 Å². The molecule has 1 aliphatic carbocycles. The highest BCUT2D eigenvalue weighted by atomic mass is 19.1. The molecule has 5 heteroatoms. The molecule has 1 aliphatic rings. The maximum Gasteiger partial charge on any atom is 0.318 e. The summed E-state index contributed by atoms with van der Waals surface area (Å²) in [4.78, 5) is 13.9. The Labute approximate surface area is 125 Å². The third-order valence-electron chi connectivity index (χ3n) is 3.89. The van der Waals surface area contributed by atoms with Crippen LogP contribution in [0.25, 0.3) is 0 Å². The number of nitrogens with zero attached hydrogens (tertiary/aromatic N) is 1. The van der Waals surface area contributed by atoms with Gasteiger partial charge in [0.15, 0.2) is 0 Å². The second kappa shape index (κ2) is 6.43. The average molecular weight is 294 g/mol. The smallest absolute Gasteiger partial charge is 0.318 e. The number of amides is 2. The maximum atomic E-state index is 13.7. The highest BCUT2D eigenvalue weighted by molar-refractivity contribution is 5.75. The highest BCUT2D eigenvalue weighted by Gasteiger charge is 2.32. The summed E-state index contributed by atoms with van der Waals surface area (Å²) < 4.78 is 13.7. The fourth-order valence-electron chi connectivity index (χ4n) is 2.52. The number of carbonyl (C=O) groups is 1. The lowest BCUT2D eigenvalue weighted by Crippen LogP contribution is -2.43. The Morgan fingerprint density at radius 1 is 1.43 bits per heavy atom. The molecule has 2 amide bonds. The summed E-state index contributed by atoms with van der Waals surface area (Å²) in [7, 11) is 0. The largest absolute Gasteiger partial charge is 0.395 e. The molecule has 0 saturated heterocycles. The fraction of sp³-hybridized carbons (Fsp3) is 0.562. The first-order valence-electron chi connectivity index (χ1n) is 7.38. The predicted molar refractivity (Wildman–Crippen MR) is 79.6 cm³/mol. The van der Waals surface area contributed by atoms with E-state index < -0.39 is 0 Å². The fourth-order valence-corrected chi connectivity index (χ4v) is 2.52. The van der Waals surface area contributed by atoms with Crippen molar-refractivity contribution in [3.63, 3.8) is 0 Å². The number of aliphatic hydroxyl groups is 1. The van der Waals surface area contributed by atoms with Gasteiger partial charge in [0.05, 0.1) is 12.6 Å². The van der Waals surface area contributed by atoms with Gasteiger partial charge < -0.3 is 15.3 Å². The third kappa shape index (κ3) is 3.73. The first-order valence-corrected chi connectivity index (χ1v) is 7.38. The zero-order chi connectivity index (χ0) is 15.6. The lowest BCUT2D eigenvalue weighted by Gasteiger charge is -2.25. The van der Waals surface area contributed by atoms with Crippen molar-refractivity contribution in [1.82, 2.24) is 10.2 Å². The summed E-state index contributed by atoms with van der Waals surface area (Å²) in [5.74, 6) is -0.197. The Morgan fingerprint density at radius 3 is 2.48 bits per heavy atom. The molecule has 0 spiro atoms. The Bertz CT molecular complexity index is 506. The van der Waals surface area contributed by atoms with Gasteiger partial charge in [-0.1, -0.05) is 12.1 Å². The van der Waals surface area contributed by atoms with Crippen LogP contribution in [0.1, 0.15) is 42.5 Å². The summed E-state index contributed by atoms with van der Waals surface area (Å²) >= 11 is 0. The van der Waals surface area contributed by atoms with E-state index in [-0.39, 0.29) is 30.5 Å². The second-order valence-electron chi connectivity index (χ2n) is 5.79. The molecule has 21 heavy (non-hydrogen) atoms. The van der Waals surface area contributed by atoms with Gasteiger partial charge in [-0.25, -0.2) is 9.18 Å². The number of urea groups is 1. The highest BCUT2D eigenvalue weighted by Crippen LogP contribution is 2.27. The van der Waals surface area contributed by atoms with Crippen LogP contribution in [0.3, 0.4) is 0 Å². The molecule has 2 rings (SSSR count). The van der Waals surface area contributed by atoms with E-state index in [4.69, 9.17) is 5.11 Å². The van der Waals surface area contributed by atoms with Gasteiger partial charge in [0.25, 0.3) is 0 Å². The second-order valence-corrected chi connectivity index (χ2v) is 5.79. The minimum atomic E-state index is -0.199. The Kier molecular flexibility index (Phi) is 4.83. The minimum absolute atomic E-state index is 0.0347. The van der Waals surface area contributed by atoms with Gasteiger partial charge in [-0.2, -0.15) is 0 Å². The monoisotopic (exact) mass is 294 g/mol. The molecule has 0 heterocycles. The topological polar surface area (TPSA) is 52.6 Å². The van der Waals surface area contributed by atoms with Crippen molar-refractivity contribution in [3.8, 4) is 0 Å². The molecule has 4 nitrogen and oxygen atoms in total. The summed E-state index contributed by atoms with van der Waals surface area (Å²) in [6.07, 6.45) is 1.99. The molecule has 0 radical (unpaired) electrons. The molecule has 0 aromatic heterocycles. The van der Waals surface area contributed by atoms with Gasteiger partial charge in [0.1, 0.15) is 5.82 Å². The molecule has 0 bridgehead atoms. The normalized spacial score (nSPS) is 15.7. The Balaban J connectivity index is 2.06. The number of rotatable bonds is 5. The van der Waals surface area contributed by atoms with Crippen LogP contribution in [-0.4, -0.2) is 35.2 Å². The molecule has 1 fully saturated rings. The number of carbonyl (C=O) groups excluding carboxylic acids is 1. The van der Waals surface area contributed by atoms with Crippen LogP contribution in [0.15, 0.2) is 12.1 Å².